The number of aliphatic hydroxyl groups excluding tert-OH is 1. The summed E-state index contributed by atoms with van der Waals surface area (Å²) in [6, 6.07) is 0. The van der Waals surface area contributed by atoms with Gasteiger partial charge in [0.05, 0.1) is 26.4 Å². The fourth-order valence-electron chi connectivity index (χ4n) is 10.1. The summed E-state index contributed by atoms with van der Waals surface area (Å²) in [5, 5.41) is 10.7. The number of phosphoric acid groups is 2. The highest BCUT2D eigenvalue weighted by Crippen LogP contribution is 2.45. The third-order valence-corrected chi connectivity index (χ3v) is 18.3. The average molecular weight is 1600 g/mol. The van der Waals surface area contributed by atoms with Crippen molar-refractivity contribution in [2.24, 2.45) is 0 Å². The van der Waals surface area contributed by atoms with Crippen LogP contribution in [0.15, 0.2) is 219 Å². The molecule has 112 heavy (non-hydrogen) atoms. The standard InChI is InChI=1S/C93H146O17P2/c1-5-9-13-17-21-25-29-33-37-40-43-46-50-53-57-61-65-69-73-77-90(95)103-83-88(109-92(97)79-75-71-67-63-59-55-49-36-32-28-24-20-16-12-8-4)85-107-111(99,100)105-81-87(94)82-106-112(101,102)108-86-89(110-93(98)80-76-72-68-64-60-56-52-48-45-42-39-35-31-27-23-19-15-11-7-3)84-104-91(96)78-74-70-66-62-58-54-51-47-44-41-38-34-30-26-22-18-14-10-6-2/h9-10,13-14,21-28,33-39,43-49,53-54,56-58,60,65,68-69,72,87-89,94H,5-8,11-12,15-20,29-32,40-42,50-52,55,59,61-64,66-67,70-71,73-86H2,1-4H3,(H,99,100)(H,101,102)/b13-9-,14-10-,25-21-,26-22-,27-23-,28-24-,37-33-,38-34-,39-35-,46-43-,47-44-,48-45-,49-36-,57-53-,58-54-,60-56-,69-65-,72-68-/t87-,88-,89-/m1/s1. The van der Waals surface area contributed by atoms with Crippen LogP contribution in [0.4, 0.5) is 0 Å². The van der Waals surface area contributed by atoms with Gasteiger partial charge < -0.3 is 33.8 Å². The van der Waals surface area contributed by atoms with Gasteiger partial charge in [0.1, 0.15) is 19.3 Å². The van der Waals surface area contributed by atoms with E-state index in [1.807, 2.05) is 36.5 Å². The summed E-state index contributed by atoms with van der Waals surface area (Å²) in [6.45, 7) is 4.34. The second-order valence-corrected chi connectivity index (χ2v) is 29.8. The monoisotopic (exact) mass is 1600 g/mol. The predicted octanol–water partition coefficient (Wildman–Crippen LogP) is 25.2. The number of phosphoric ester groups is 2. The number of carbonyl (C=O) groups excluding carboxylic acids is 4. The Bertz CT molecular complexity index is 2990. The quantitative estimate of drug-likeness (QED) is 0.0169. The van der Waals surface area contributed by atoms with E-state index in [1.54, 1.807) is 0 Å². The van der Waals surface area contributed by atoms with Gasteiger partial charge in [0.15, 0.2) is 12.2 Å². The van der Waals surface area contributed by atoms with Crippen LogP contribution in [0.25, 0.3) is 0 Å². The molecular formula is C93H146O17P2. The van der Waals surface area contributed by atoms with Crippen LogP contribution in [-0.2, 0) is 65.4 Å². The minimum atomic E-state index is -5.03. The molecular weight excluding hydrogens is 1450 g/mol. The molecule has 0 aromatic rings. The van der Waals surface area contributed by atoms with Gasteiger partial charge in [-0.15, -0.1) is 0 Å². The molecule has 0 rings (SSSR count). The molecule has 0 aliphatic carbocycles. The van der Waals surface area contributed by atoms with Crippen molar-refractivity contribution in [3.05, 3.63) is 219 Å². The van der Waals surface area contributed by atoms with Crippen molar-refractivity contribution in [1.29, 1.82) is 0 Å². The van der Waals surface area contributed by atoms with Crippen LogP contribution in [0.5, 0.6) is 0 Å². The van der Waals surface area contributed by atoms with Crippen LogP contribution < -0.4 is 0 Å². The minimum absolute atomic E-state index is 0.0220. The maximum absolute atomic E-state index is 13.1. The molecule has 0 saturated heterocycles. The average Bonchev–Trinajstić information content (AvgIpc) is 0.898. The van der Waals surface area contributed by atoms with E-state index in [1.165, 1.54) is 38.5 Å². The van der Waals surface area contributed by atoms with E-state index in [-0.39, 0.29) is 25.7 Å². The molecule has 630 valence electrons. The predicted molar refractivity (Wildman–Crippen MR) is 463 cm³/mol. The Balaban J connectivity index is 5.59. The van der Waals surface area contributed by atoms with Crippen molar-refractivity contribution in [3.8, 4) is 0 Å². The van der Waals surface area contributed by atoms with Crippen LogP contribution in [-0.4, -0.2) is 96.7 Å². The molecule has 0 saturated carbocycles. The summed E-state index contributed by atoms with van der Waals surface area (Å²) in [7, 11) is -10.0. The summed E-state index contributed by atoms with van der Waals surface area (Å²) < 4.78 is 68.5. The van der Waals surface area contributed by atoms with Crippen LogP contribution >= 0.6 is 15.6 Å². The Hall–Kier alpha value is -6.62. The highest BCUT2D eigenvalue weighted by molar-refractivity contribution is 7.47. The second-order valence-electron chi connectivity index (χ2n) is 26.9. The zero-order valence-electron chi connectivity index (χ0n) is 69.0. The van der Waals surface area contributed by atoms with Crippen LogP contribution in [0.3, 0.4) is 0 Å². The highest BCUT2D eigenvalue weighted by atomic mass is 31.2. The Morgan fingerprint density at radius 2 is 0.482 bits per heavy atom. The zero-order chi connectivity index (χ0) is 81.7. The lowest BCUT2D eigenvalue weighted by Crippen LogP contribution is -2.30. The molecule has 0 aliphatic rings. The summed E-state index contributed by atoms with van der Waals surface area (Å²) in [5.41, 5.74) is 0. The molecule has 3 N–H and O–H groups in total. The lowest BCUT2D eigenvalue weighted by molar-refractivity contribution is -0.161. The van der Waals surface area contributed by atoms with Crippen LogP contribution in [0, 0.1) is 0 Å². The van der Waals surface area contributed by atoms with Crippen molar-refractivity contribution in [2.75, 3.05) is 39.6 Å². The third-order valence-electron chi connectivity index (χ3n) is 16.4. The van der Waals surface area contributed by atoms with Gasteiger partial charge in [0, 0.05) is 25.7 Å². The van der Waals surface area contributed by atoms with Crippen LogP contribution in [0.1, 0.15) is 285 Å². The van der Waals surface area contributed by atoms with Gasteiger partial charge in [-0.05, 0) is 180 Å². The summed E-state index contributed by atoms with van der Waals surface area (Å²) in [5.74, 6) is -2.45. The fraction of sp³-hybridized carbons (Fsp3) is 0.570. The first-order chi connectivity index (χ1) is 54.7. The summed E-state index contributed by atoms with van der Waals surface area (Å²) >= 11 is 0. The molecule has 19 heteroatoms. The number of aliphatic hydroxyl groups is 1. The number of unbranched alkanes of at least 4 members (excludes halogenated alkanes) is 14. The highest BCUT2D eigenvalue weighted by Gasteiger charge is 2.30. The number of hydrogen-bond donors (Lipinski definition) is 3. The molecule has 0 fully saturated rings. The maximum Gasteiger partial charge on any atom is 0.472 e. The molecule has 0 bridgehead atoms. The maximum atomic E-state index is 13.1. The molecule has 0 aromatic heterocycles. The van der Waals surface area contributed by atoms with Gasteiger partial charge in [-0.25, -0.2) is 9.13 Å². The van der Waals surface area contributed by atoms with Gasteiger partial charge in [0.25, 0.3) is 0 Å². The Morgan fingerprint density at radius 3 is 0.795 bits per heavy atom. The first-order valence-corrected chi connectivity index (χ1v) is 45.0. The van der Waals surface area contributed by atoms with E-state index < -0.39 is 97.5 Å². The van der Waals surface area contributed by atoms with Crippen molar-refractivity contribution in [3.63, 3.8) is 0 Å². The Labute approximate surface area is 677 Å². The molecule has 5 atom stereocenters. The first kappa shape index (κ1) is 105. The van der Waals surface area contributed by atoms with E-state index in [0.29, 0.717) is 38.5 Å². The number of esters is 4. The van der Waals surface area contributed by atoms with E-state index in [2.05, 4.69) is 210 Å². The molecule has 2 unspecified atom stereocenters. The van der Waals surface area contributed by atoms with Crippen molar-refractivity contribution >= 4 is 39.5 Å². The van der Waals surface area contributed by atoms with Crippen molar-refractivity contribution < 1.29 is 80.2 Å². The molecule has 0 spiro atoms. The second kappa shape index (κ2) is 82.4. The minimum Gasteiger partial charge on any atom is -0.462 e. The SMILES string of the molecule is CC/C=C\C/C=C\C/C=C\C/C=C\C/C=C\C/C=C\CCC(=O)OC[C@H](COP(=O)(O)OC[C@@H](O)COP(=O)(O)OC[C@@H](COC(=O)CCCCC/C=C\C/C=C\C/C=C\C/C=C\C/C=C\CC)OC(=O)CC/C=C\C/C=C\C/C=C\C/C=C\C/C=C\CCCCC)OC(=O)CCCCCCC/C=C\C/C=C\CCCCC. The van der Waals surface area contributed by atoms with E-state index in [9.17, 15) is 43.2 Å². The Morgan fingerprint density at radius 1 is 0.259 bits per heavy atom. The molecule has 0 amide bonds. The lowest BCUT2D eigenvalue weighted by atomic mass is 10.1. The van der Waals surface area contributed by atoms with Crippen molar-refractivity contribution in [2.45, 2.75) is 303 Å². The normalized spacial score (nSPS) is 14.9. The number of ether oxygens (including phenoxy) is 4. The lowest BCUT2D eigenvalue weighted by Gasteiger charge is -2.21. The molecule has 17 nitrogen and oxygen atoms in total. The topological polar surface area (TPSA) is 237 Å². The summed E-state index contributed by atoms with van der Waals surface area (Å²) in [4.78, 5) is 73.2. The van der Waals surface area contributed by atoms with Gasteiger partial charge in [-0.2, -0.15) is 0 Å². The smallest absolute Gasteiger partial charge is 0.462 e. The molecule has 0 radical (unpaired) electrons. The number of rotatable bonds is 76. The number of hydrogen-bond acceptors (Lipinski definition) is 15. The van der Waals surface area contributed by atoms with E-state index in [0.717, 1.165) is 154 Å². The third kappa shape index (κ3) is 81.4. The van der Waals surface area contributed by atoms with Gasteiger partial charge in [-0.1, -0.05) is 298 Å². The number of carbonyl (C=O) groups is 4. The zero-order valence-corrected chi connectivity index (χ0v) is 70.8. The van der Waals surface area contributed by atoms with E-state index >= 15 is 0 Å². The van der Waals surface area contributed by atoms with Gasteiger partial charge in [-0.3, -0.25) is 37.3 Å². The first-order valence-electron chi connectivity index (χ1n) is 42.0. The van der Waals surface area contributed by atoms with E-state index in [4.69, 9.17) is 37.0 Å². The van der Waals surface area contributed by atoms with Crippen LogP contribution in [0.2, 0.25) is 0 Å². The fourth-order valence-corrected chi connectivity index (χ4v) is 11.7. The molecule has 0 heterocycles. The number of allylic oxidation sites excluding steroid dienone is 36. The molecule has 0 aliphatic heterocycles. The van der Waals surface area contributed by atoms with Gasteiger partial charge >= 0.3 is 39.5 Å². The molecule has 0 aromatic carbocycles. The summed E-state index contributed by atoms with van der Waals surface area (Å²) in [6.07, 6.45) is 105. The van der Waals surface area contributed by atoms with Crippen molar-refractivity contribution in [1.82, 2.24) is 0 Å². The largest absolute Gasteiger partial charge is 0.472 e. The van der Waals surface area contributed by atoms with Gasteiger partial charge in [0.2, 0.25) is 0 Å². The Kier molecular flexibility index (Phi) is 77.5.